The van der Waals surface area contributed by atoms with Crippen LogP contribution in [-0.2, 0) is 28.5 Å². The molecule has 0 radical (unpaired) electrons. The SMILES string of the molecule is C[C@]12CC(C(=O)O)C(=O)C=C1CCC1C2[C@@H](O)C[C@@]2(C)C1CC[C@@]21OCOC12COCO2. The molecule has 9 atom stereocenters. The maximum Gasteiger partial charge on any atom is 0.314 e. The minimum Gasteiger partial charge on any atom is -0.481 e. The molecule has 0 aromatic carbocycles. The molecule has 6 aliphatic rings. The van der Waals surface area contributed by atoms with Crippen LogP contribution in [0.1, 0.15) is 52.4 Å². The average molecular weight is 449 g/mol. The van der Waals surface area contributed by atoms with Gasteiger partial charge in [-0.1, -0.05) is 19.4 Å². The Morgan fingerprint density at radius 3 is 2.62 bits per heavy atom. The summed E-state index contributed by atoms with van der Waals surface area (Å²) in [6.45, 7) is 4.94. The van der Waals surface area contributed by atoms with Crippen molar-refractivity contribution < 1.29 is 38.7 Å². The molecule has 2 aliphatic heterocycles. The van der Waals surface area contributed by atoms with Gasteiger partial charge in [0.1, 0.15) is 18.1 Å². The second kappa shape index (κ2) is 6.63. The predicted octanol–water partition coefficient (Wildman–Crippen LogP) is 2.24. The Bertz CT molecular complexity index is 887. The van der Waals surface area contributed by atoms with Gasteiger partial charge in [0.2, 0.25) is 5.79 Å². The van der Waals surface area contributed by atoms with E-state index in [1.165, 1.54) is 0 Å². The van der Waals surface area contributed by atoms with Gasteiger partial charge in [-0.15, -0.1) is 0 Å². The number of ether oxygens (including phenoxy) is 4. The Balaban J connectivity index is 1.39. The first-order valence-corrected chi connectivity index (χ1v) is 11.8. The number of carbonyl (C=O) groups is 2. The molecule has 32 heavy (non-hydrogen) atoms. The molecule has 5 unspecified atom stereocenters. The number of carboxylic acid groups (broad SMARTS) is 1. The Morgan fingerprint density at radius 2 is 1.91 bits per heavy atom. The van der Waals surface area contributed by atoms with Crippen LogP contribution in [0.25, 0.3) is 0 Å². The van der Waals surface area contributed by atoms with E-state index >= 15 is 0 Å². The summed E-state index contributed by atoms with van der Waals surface area (Å²) >= 11 is 0. The summed E-state index contributed by atoms with van der Waals surface area (Å²) in [5.74, 6) is -2.91. The zero-order chi connectivity index (χ0) is 22.5. The molecule has 0 amide bonds. The van der Waals surface area contributed by atoms with Crippen LogP contribution >= 0.6 is 0 Å². The zero-order valence-electron chi connectivity index (χ0n) is 18.7. The summed E-state index contributed by atoms with van der Waals surface area (Å²) in [6, 6.07) is 0. The van der Waals surface area contributed by atoms with Crippen LogP contribution in [0, 0.1) is 34.5 Å². The first kappa shape index (κ1) is 21.2. The van der Waals surface area contributed by atoms with E-state index in [-0.39, 0.29) is 49.0 Å². The molecule has 4 aliphatic carbocycles. The molecule has 0 aromatic heterocycles. The van der Waals surface area contributed by atoms with Gasteiger partial charge in [-0.2, -0.15) is 0 Å². The highest BCUT2D eigenvalue weighted by Crippen LogP contribution is 2.71. The highest BCUT2D eigenvalue weighted by molar-refractivity contribution is 6.05. The molecule has 3 saturated carbocycles. The first-order chi connectivity index (χ1) is 15.2. The number of carbonyl (C=O) groups excluding carboxylic acids is 1. The van der Waals surface area contributed by atoms with Gasteiger partial charge in [0.15, 0.2) is 19.4 Å². The van der Waals surface area contributed by atoms with Crippen LogP contribution in [0.4, 0.5) is 0 Å². The van der Waals surface area contributed by atoms with Crippen LogP contribution in [0.2, 0.25) is 0 Å². The van der Waals surface area contributed by atoms with Gasteiger partial charge in [-0.3, -0.25) is 9.59 Å². The highest BCUT2D eigenvalue weighted by atomic mass is 16.9. The Labute approximate surface area is 187 Å². The zero-order valence-corrected chi connectivity index (χ0v) is 18.7. The third-order valence-corrected chi connectivity index (χ3v) is 10.3. The van der Waals surface area contributed by atoms with Crippen molar-refractivity contribution in [2.45, 2.75) is 69.9 Å². The summed E-state index contributed by atoms with van der Waals surface area (Å²) in [5.41, 5.74) is -0.503. The summed E-state index contributed by atoms with van der Waals surface area (Å²) in [7, 11) is 0. The first-order valence-electron chi connectivity index (χ1n) is 11.8. The fourth-order valence-corrected chi connectivity index (χ4v) is 8.96. The summed E-state index contributed by atoms with van der Waals surface area (Å²) in [6.07, 6.45) is 5.11. The number of ketones is 1. The Hall–Kier alpha value is -1.32. The van der Waals surface area contributed by atoms with E-state index < -0.39 is 34.8 Å². The fourth-order valence-electron chi connectivity index (χ4n) is 8.96. The molecular formula is C24H32O8. The number of aliphatic hydroxyl groups excluding tert-OH is 1. The lowest BCUT2D eigenvalue weighted by molar-refractivity contribution is -0.257. The van der Waals surface area contributed by atoms with Gasteiger partial charge >= 0.3 is 5.97 Å². The number of hydrogen-bond acceptors (Lipinski definition) is 7. The molecule has 2 N–H and O–H groups in total. The number of aliphatic hydroxyl groups is 1. The molecule has 176 valence electrons. The van der Waals surface area contributed by atoms with Gasteiger partial charge in [-0.05, 0) is 67.8 Å². The Morgan fingerprint density at radius 1 is 1.12 bits per heavy atom. The Kier molecular flexibility index (Phi) is 4.40. The summed E-state index contributed by atoms with van der Waals surface area (Å²) < 4.78 is 24.0. The van der Waals surface area contributed by atoms with Gasteiger partial charge < -0.3 is 29.2 Å². The molecule has 0 bridgehead atoms. The van der Waals surface area contributed by atoms with E-state index in [1.807, 2.05) is 0 Å². The number of rotatable bonds is 1. The molecule has 2 heterocycles. The van der Waals surface area contributed by atoms with Gasteiger partial charge in [0.25, 0.3) is 0 Å². The average Bonchev–Trinajstić information content (AvgIpc) is 3.42. The van der Waals surface area contributed by atoms with Crippen LogP contribution in [0.3, 0.4) is 0 Å². The van der Waals surface area contributed by atoms with Crippen molar-refractivity contribution >= 4 is 11.8 Å². The molecule has 2 spiro atoms. The van der Waals surface area contributed by atoms with Crippen molar-refractivity contribution in [3.63, 3.8) is 0 Å². The maximum atomic E-state index is 12.4. The van der Waals surface area contributed by atoms with Gasteiger partial charge in [0.05, 0.1) is 6.10 Å². The summed E-state index contributed by atoms with van der Waals surface area (Å²) in [5, 5.41) is 21.3. The van der Waals surface area contributed by atoms with Crippen LogP contribution in [-0.4, -0.2) is 59.7 Å². The van der Waals surface area contributed by atoms with Gasteiger partial charge in [0, 0.05) is 5.41 Å². The third kappa shape index (κ3) is 2.35. The van der Waals surface area contributed by atoms with E-state index in [2.05, 4.69) is 13.8 Å². The van der Waals surface area contributed by atoms with E-state index in [0.29, 0.717) is 13.0 Å². The number of aliphatic carboxylic acids is 1. The lowest BCUT2D eigenvalue weighted by atomic mass is 9.44. The highest BCUT2D eigenvalue weighted by Gasteiger charge is 2.76. The standard InChI is InChI=1S/C24H32O8/c1-21-8-15(20(27)28)17(25)7-13(21)3-4-14-16-5-6-23(22(16,2)9-18(26)19(14)21)24(32-12-30-23)10-29-11-31-24/h7,14-16,18-19,26H,3-6,8-12H2,1-2H3,(H,27,28)/t14?,15?,16?,18-,19?,21-,22-,23+,24?/m0/s1. The smallest absolute Gasteiger partial charge is 0.314 e. The van der Waals surface area contributed by atoms with Crippen molar-refractivity contribution in [2.24, 2.45) is 34.5 Å². The van der Waals surface area contributed by atoms with E-state index in [9.17, 15) is 19.8 Å². The molecule has 8 heteroatoms. The van der Waals surface area contributed by atoms with E-state index in [1.54, 1.807) is 6.08 Å². The fraction of sp³-hybridized carbons (Fsp3) is 0.833. The van der Waals surface area contributed by atoms with Crippen LogP contribution in [0.5, 0.6) is 0 Å². The lowest BCUT2D eigenvalue weighted by Crippen LogP contribution is -2.66. The number of fused-ring (bicyclic) bond motifs is 7. The van der Waals surface area contributed by atoms with E-state index in [4.69, 9.17) is 18.9 Å². The maximum absolute atomic E-state index is 12.4. The van der Waals surface area contributed by atoms with Gasteiger partial charge in [-0.25, -0.2) is 0 Å². The molecule has 8 nitrogen and oxygen atoms in total. The topological polar surface area (TPSA) is 112 Å². The molecule has 0 aromatic rings. The minimum atomic E-state index is -1.07. The molecule has 2 saturated heterocycles. The number of allylic oxidation sites excluding steroid dienone is 1. The number of hydrogen-bond donors (Lipinski definition) is 2. The lowest BCUT2D eigenvalue weighted by Gasteiger charge is -2.61. The quantitative estimate of drug-likeness (QED) is 0.588. The normalized spacial score (nSPS) is 54.4. The predicted molar refractivity (Wildman–Crippen MR) is 109 cm³/mol. The van der Waals surface area contributed by atoms with Crippen molar-refractivity contribution in [1.82, 2.24) is 0 Å². The number of carboxylic acids is 1. The second-order valence-electron chi connectivity index (χ2n) is 11.2. The van der Waals surface area contributed by atoms with Crippen LogP contribution < -0.4 is 0 Å². The van der Waals surface area contributed by atoms with Crippen LogP contribution in [0.15, 0.2) is 11.6 Å². The summed E-state index contributed by atoms with van der Waals surface area (Å²) in [4.78, 5) is 24.2. The molecule has 6 rings (SSSR count). The van der Waals surface area contributed by atoms with E-state index in [0.717, 1.165) is 31.3 Å². The third-order valence-electron chi connectivity index (χ3n) is 10.3. The largest absolute Gasteiger partial charge is 0.481 e. The monoisotopic (exact) mass is 448 g/mol. The van der Waals surface area contributed by atoms with Crippen molar-refractivity contribution in [3.05, 3.63) is 11.6 Å². The minimum absolute atomic E-state index is 0.0790. The van der Waals surface area contributed by atoms with Crippen molar-refractivity contribution in [1.29, 1.82) is 0 Å². The molecular weight excluding hydrogens is 416 g/mol. The second-order valence-corrected chi connectivity index (χ2v) is 11.2. The van der Waals surface area contributed by atoms with Crippen molar-refractivity contribution in [2.75, 3.05) is 20.2 Å². The van der Waals surface area contributed by atoms with Crippen molar-refractivity contribution in [3.8, 4) is 0 Å². The molecule has 5 fully saturated rings.